The number of benzene rings is 1. The minimum atomic E-state index is -0.737. The van der Waals surface area contributed by atoms with Crippen LogP contribution in [0.1, 0.15) is 29.8 Å². The predicted molar refractivity (Wildman–Crippen MR) is 76.1 cm³/mol. The van der Waals surface area contributed by atoms with E-state index in [1.54, 1.807) is 0 Å². The molecule has 0 aliphatic carbocycles. The predicted octanol–water partition coefficient (Wildman–Crippen LogP) is 1.51. The van der Waals surface area contributed by atoms with Crippen molar-refractivity contribution in [1.82, 2.24) is 4.90 Å². The summed E-state index contributed by atoms with van der Waals surface area (Å²) in [5.74, 6) is -1.59. The molecule has 0 unspecified atom stereocenters. The third kappa shape index (κ3) is 4.03. The van der Waals surface area contributed by atoms with Gasteiger partial charge < -0.3 is 11.1 Å². The number of hydrogen-bond donors (Lipinski definition) is 2. The Morgan fingerprint density at radius 3 is 2.50 bits per heavy atom. The van der Waals surface area contributed by atoms with Gasteiger partial charge in [0.15, 0.2) is 0 Å². The molecule has 1 aromatic rings. The zero-order valence-corrected chi connectivity index (χ0v) is 12.2. The molecule has 0 heterocycles. The molecule has 1 aromatic carbocycles. The van der Waals surface area contributed by atoms with Gasteiger partial charge in [0.2, 0.25) is 11.8 Å². The van der Waals surface area contributed by atoms with Crippen LogP contribution in [-0.4, -0.2) is 36.3 Å². The Morgan fingerprint density at radius 2 is 2.00 bits per heavy atom. The van der Waals surface area contributed by atoms with Crippen molar-refractivity contribution in [2.45, 2.75) is 26.8 Å². The molecule has 0 saturated heterocycles. The second-order valence-electron chi connectivity index (χ2n) is 5.05. The number of amides is 2. The molecule has 3 N–H and O–H groups in total. The molecule has 0 spiro atoms. The minimum Gasteiger partial charge on any atom is -0.366 e. The molecule has 0 bridgehead atoms. The Balaban J connectivity index is 2.92. The van der Waals surface area contributed by atoms with E-state index in [-0.39, 0.29) is 35.3 Å². The molecule has 5 nitrogen and oxygen atoms in total. The Bertz CT molecular complexity index is 529. The molecule has 0 fully saturated rings. The van der Waals surface area contributed by atoms with Gasteiger partial charge in [-0.15, -0.1) is 0 Å². The van der Waals surface area contributed by atoms with Crippen molar-refractivity contribution < 1.29 is 14.0 Å². The average molecular weight is 281 g/mol. The molecule has 0 saturated carbocycles. The Kier molecular flexibility index (Phi) is 5.21. The lowest BCUT2D eigenvalue weighted by atomic mass is 10.1. The van der Waals surface area contributed by atoms with Gasteiger partial charge in [-0.1, -0.05) is 0 Å². The molecule has 0 radical (unpaired) electrons. The monoisotopic (exact) mass is 281 g/mol. The molecule has 20 heavy (non-hydrogen) atoms. The Morgan fingerprint density at radius 1 is 1.40 bits per heavy atom. The van der Waals surface area contributed by atoms with Crippen molar-refractivity contribution in [3.05, 3.63) is 29.1 Å². The number of likely N-dealkylation sites (N-methyl/N-ethyl adjacent to an activating group) is 1. The smallest absolute Gasteiger partial charge is 0.248 e. The van der Waals surface area contributed by atoms with E-state index in [0.717, 1.165) is 6.07 Å². The summed E-state index contributed by atoms with van der Waals surface area (Å²) in [6.07, 6.45) is 0. The molecule has 0 aliphatic rings. The van der Waals surface area contributed by atoms with E-state index in [9.17, 15) is 14.0 Å². The number of nitrogens with zero attached hydrogens (tertiary/aromatic N) is 1. The van der Waals surface area contributed by atoms with Crippen molar-refractivity contribution >= 4 is 17.5 Å². The van der Waals surface area contributed by atoms with Crippen molar-refractivity contribution in [3.63, 3.8) is 0 Å². The number of nitrogens with one attached hydrogen (secondary N) is 1. The number of anilines is 1. The van der Waals surface area contributed by atoms with Gasteiger partial charge in [-0.25, -0.2) is 4.39 Å². The van der Waals surface area contributed by atoms with Gasteiger partial charge in [0.1, 0.15) is 5.82 Å². The largest absolute Gasteiger partial charge is 0.366 e. The van der Waals surface area contributed by atoms with E-state index in [2.05, 4.69) is 5.32 Å². The van der Waals surface area contributed by atoms with Crippen LogP contribution in [0.3, 0.4) is 0 Å². The Hall–Kier alpha value is -1.95. The van der Waals surface area contributed by atoms with Crippen LogP contribution < -0.4 is 11.1 Å². The van der Waals surface area contributed by atoms with Crippen LogP contribution >= 0.6 is 0 Å². The fraction of sp³-hybridized carbons (Fsp3) is 0.429. The van der Waals surface area contributed by atoms with Crippen molar-refractivity contribution in [3.8, 4) is 0 Å². The summed E-state index contributed by atoms with van der Waals surface area (Å²) < 4.78 is 13.7. The van der Waals surface area contributed by atoms with Gasteiger partial charge in [0.25, 0.3) is 0 Å². The van der Waals surface area contributed by atoms with E-state index in [0.29, 0.717) is 0 Å². The second kappa shape index (κ2) is 6.47. The lowest BCUT2D eigenvalue weighted by Gasteiger charge is -2.20. The quantitative estimate of drug-likeness (QED) is 0.859. The van der Waals surface area contributed by atoms with Gasteiger partial charge in [-0.05, 0) is 40.0 Å². The summed E-state index contributed by atoms with van der Waals surface area (Å²) in [4.78, 5) is 24.8. The second-order valence-corrected chi connectivity index (χ2v) is 5.05. The van der Waals surface area contributed by atoms with Crippen LogP contribution in [0.15, 0.2) is 12.1 Å². The van der Waals surface area contributed by atoms with Gasteiger partial charge >= 0.3 is 0 Å². The lowest BCUT2D eigenvalue weighted by Crippen LogP contribution is -2.35. The molecule has 0 atom stereocenters. The van der Waals surface area contributed by atoms with E-state index >= 15 is 0 Å². The van der Waals surface area contributed by atoms with Crippen molar-refractivity contribution in [1.29, 1.82) is 0 Å². The van der Waals surface area contributed by atoms with Crippen LogP contribution in [0.5, 0.6) is 0 Å². The first kappa shape index (κ1) is 16.1. The van der Waals surface area contributed by atoms with Gasteiger partial charge in [-0.2, -0.15) is 0 Å². The van der Waals surface area contributed by atoms with Gasteiger partial charge in [0, 0.05) is 22.9 Å². The molecule has 0 aliphatic heterocycles. The number of rotatable bonds is 5. The van der Waals surface area contributed by atoms with E-state index in [1.807, 2.05) is 25.8 Å². The minimum absolute atomic E-state index is 0.0283. The van der Waals surface area contributed by atoms with E-state index < -0.39 is 11.7 Å². The topological polar surface area (TPSA) is 75.4 Å². The first-order valence-electron chi connectivity index (χ1n) is 6.32. The maximum Gasteiger partial charge on any atom is 0.248 e. The van der Waals surface area contributed by atoms with Crippen molar-refractivity contribution in [2.24, 2.45) is 5.73 Å². The van der Waals surface area contributed by atoms with Crippen molar-refractivity contribution in [2.75, 3.05) is 18.9 Å². The van der Waals surface area contributed by atoms with Crippen LogP contribution in [0.25, 0.3) is 0 Å². The standard InChI is InChI=1S/C14H20FN3O2/c1-8(2)18(4)7-13(19)17-12-6-10(14(16)20)5-11(15)9(12)3/h5-6,8H,7H2,1-4H3,(H2,16,20)(H,17,19). The zero-order chi connectivity index (χ0) is 15.4. The summed E-state index contributed by atoms with van der Waals surface area (Å²) >= 11 is 0. The highest BCUT2D eigenvalue weighted by molar-refractivity contribution is 5.97. The van der Waals surface area contributed by atoms with E-state index in [1.165, 1.54) is 13.0 Å². The first-order chi connectivity index (χ1) is 9.22. The molecule has 0 aromatic heterocycles. The fourth-order valence-electron chi connectivity index (χ4n) is 1.55. The normalized spacial score (nSPS) is 10.9. The number of primary amides is 1. The molecular formula is C14H20FN3O2. The first-order valence-corrected chi connectivity index (χ1v) is 6.32. The number of hydrogen-bond acceptors (Lipinski definition) is 3. The molecule has 110 valence electrons. The van der Waals surface area contributed by atoms with Gasteiger partial charge in [-0.3, -0.25) is 14.5 Å². The highest BCUT2D eigenvalue weighted by Gasteiger charge is 2.14. The molecule has 1 rings (SSSR count). The van der Waals surface area contributed by atoms with Crippen LogP contribution in [0, 0.1) is 12.7 Å². The van der Waals surface area contributed by atoms with Gasteiger partial charge in [0.05, 0.1) is 6.54 Å². The number of carbonyl (C=O) groups excluding carboxylic acids is 2. The number of halogens is 1. The molecular weight excluding hydrogens is 261 g/mol. The fourth-order valence-corrected chi connectivity index (χ4v) is 1.55. The van der Waals surface area contributed by atoms with Crippen LogP contribution in [0.2, 0.25) is 0 Å². The average Bonchev–Trinajstić information content (AvgIpc) is 2.34. The zero-order valence-electron chi connectivity index (χ0n) is 12.2. The SMILES string of the molecule is Cc1c(F)cc(C(N)=O)cc1NC(=O)CN(C)C(C)C. The molecule has 2 amide bonds. The highest BCUT2D eigenvalue weighted by atomic mass is 19.1. The third-order valence-corrected chi connectivity index (χ3v) is 3.18. The summed E-state index contributed by atoms with van der Waals surface area (Å²) in [5.41, 5.74) is 5.69. The van der Waals surface area contributed by atoms with Crippen LogP contribution in [0.4, 0.5) is 10.1 Å². The van der Waals surface area contributed by atoms with Crippen LogP contribution in [-0.2, 0) is 4.79 Å². The third-order valence-electron chi connectivity index (χ3n) is 3.18. The maximum atomic E-state index is 13.7. The summed E-state index contributed by atoms with van der Waals surface area (Å²) in [6.45, 7) is 5.64. The Labute approximate surface area is 117 Å². The highest BCUT2D eigenvalue weighted by Crippen LogP contribution is 2.20. The van der Waals surface area contributed by atoms with E-state index in [4.69, 9.17) is 5.73 Å². The summed E-state index contributed by atoms with van der Waals surface area (Å²) in [7, 11) is 1.82. The summed E-state index contributed by atoms with van der Waals surface area (Å²) in [5, 5.41) is 2.60. The lowest BCUT2D eigenvalue weighted by molar-refractivity contribution is -0.117. The molecule has 6 heteroatoms. The maximum absolute atomic E-state index is 13.7. The number of nitrogens with two attached hydrogens (primary N) is 1. The summed E-state index contributed by atoms with van der Waals surface area (Å²) in [6, 6.07) is 2.66. The number of carbonyl (C=O) groups is 2.